The minimum Gasteiger partial charge on any atom is -0.480 e. The van der Waals surface area contributed by atoms with Gasteiger partial charge in [-0.3, -0.25) is 29.0 Å². The van der Waals surface area contributed by atoms with Gasteiger partial charge in [-0.1, -0.05) is 155 Å². The molecule has 2 rings (SSSR count). The Morgan fingerprint density at radius 2 is 0.859 bits per heavy atom. The summed E-state index contributed by atoms with van der Waals surface area (Å²) in [6.07, 6.45) is 27.8. The fourth-order valence-corrected chi connectivity index (χ4v) is 11.6. The molecule has 2 atom stereocenters. The molecule has 2 unspecified atom stereocenters. The van der Waals surface area contributed by atoms with Crippen molar-refractivity contribution in [2.75, 3.05) is 20.7 Å². The number of carboxylic acids is 2. The first kappa shape index (κ1) is 57.9. The van der Waals surface area contributed by atoms with Crippen LogP contribution in [0.1, 0.15) is 249 Å². The Morgan fingerprint density at radius 1 is 0.531 bits per heavy atom. The number of carboxylic acid groups (broad SMARTS) is 2. The van der Waals surface area contributed by atoms with Crippen molar-refractivity contribution in [3.63, 3.8) is 0 Å². The molecule has 2 fully saturated rings. The van der Waals surface area contributed by atoms with Gasteiger partial charge in [0.15, 0.2) is 0 Å². The summed E-state index contributed by atoms with van der Waals surface area (Å²) < 4.78 is 12.2. The van der Waals surface area contributed by atoms with Crippen LogP contribution >= 0.6 is 0 Å². The van der Waals surface area contributed by atoms with Crippen molar-refractivity contribution in [3.8, 4) is 0 Å². The molecule has 374 valence electrons. The Hall–Kier alpha value is -2.20. The highest BCUT2D eigenvalue weighted by atomic mass is 16.6. The summed E-state index contributed by atoms with van der Waals surface area (Å²) in [7, 11) is 4.11. The van der Waals surface area contributed by atoms with Gasteiger partial charge in [-0.2, -0.15) is 0 Å². The first-order valence-corrected chi connectivity index (χ1v) is 26.3. The Balaban J connectivity index is 2.49. The van der Waals surface area contributed by atoms with Gasteiger partial charge in [0.1, 0.15) is 6.10 Å². The SMILES string of the molecule is CCCCCCCCCCCCCCC(C1CC(C)(C)N(C)C(C)(C)C1)C(C(=O)OCCCCCCCCCCCCC)C(C(=O)O)(C(=O)O)C(=O)OC1CC(C)(C)N(C)C(C)(C)C1. The molecule has 0 aromatic rings. The average Bonchev–Trinajstić information content (AvgIpc) is 3.19. The molecule has 0 amide bonds. The predicted octanol–water partition coefficient (Wildman–Crippen LogP) is 13.4. The van der Waals surface area contributed by atoms with E-state index in [1.54, 1.807) is 0 Å². The fraction of sp³-hybridized carbons (Fsp3) is 0.926. The lowest BCUT2D eigenvalue weighted by atomic mass is 9.59. The number of hydrogen-bond donors (Lipinski definition) is 2. The maximum absolute atomic E-state index is 14.9. The van der Waals surface area contributed by atoms with E-state index in [1.807, 2.05) is 34.7 Å². The molecule has 0 bridgehead atoms. The largest absolute Gasteiger partial charge is 0.480 e. The van der Waals surface area contributed by atoms with Gasteiger partial charge in [0.05, 0.1) is 12.5 Å². The van der Waals surface area contributed by atoms with Crippen molar-refractivity contribution in [1.82, 2.24) is 9.80 Å². The first-order valence-electron chi connectivity index (χ1n) is 26.3. The fourth-order valence-electron chi connectivity index (χ4n) is 11.6. The molecule has 0 radical (unpaired) electrons. The zero-order chi connectivity index (χ0) is 48.2. The molecule has 2 N–H and O–H groups in total. The summed E-state index contributed by atoms with van der Waals surface area (Å²) in [6, 6.07) is 0. The molecule has 0 spiro atoms. The molecule has 64 heavy (non-hydrogen) atoms. The molecule has 0 aromatic heterocycles. The van der Waals surface area contributed by atoms with Crippen molar-refractivity contribution < 1.29 is 38.9 Å². The lowest BCUT2D eigenvalue weighted by Crippen LogP contribution is -2.64. The van der Waals surface area contributed by atoms with Gasteiger partial charge in [-0.05, 0) is 107 Å². The van der Waals surface area contributed by atoms with Gasteiger partial charge in [0.2, 0.25) is 0 Å². The highest BCUT2D eigenvalue weighted by Crippen LogP contribution is 2.51. The lowest BCUT2D eigenvalue weighted by Gasteiger charge is -2.56. The highest BCUT2D eigenvalue weighted by Gasteiger charge is 2.68. The van der Waals surface area contributed by atoms with E-state index in [-0.39, 0.29) is 23.6 Å². The van der Waals surface area contributed by atoms with Crippen molar-refractivity contribution in [2.24, 2.45) is 23.2 Å². The molecule has 0 saturated carbocycles. The minimum atomic E-state index is -3.19. The molecule has 0 aliphatic carbocycles. The van der Waals surface area contributed by atoms with Crippen LogP contribution in [0, 0.1) is 23.2 Å². The Kier molecular flexibility index (Phi) is 25.0. The number of aliphatic carboxylic acids is 2. The number of esters is 2. The van der Waals surface area contributed by atoms with Crippen LogP contribution in [0.15, 0.2) is 0 Å². The van der Waals surface area contributed by atoms with E-state index in [2.05, 4.69) is 58.4 Å². The number of likely N-dealkylation sites (tertiary alicyclic amines) is 2. The van der Waals surface area contributed by atoms with Crippen LogP contribution < -0.4 is 0 Å². The van der Waals surface area contributed by atoms with E-state index in [0.29, 0.717) is 44.9 Å². The normalized spacial score (nSPS) is 20.1. The topological polar surface area (TPSA) is 134 Å². The molecule has 0 aromatic carbocycles. The smallest absolute Gasteiger partial charge is 0.336 e. The Bertz CT molecular complexity index is 1340. The van der Waals surface area contributed by atoms with Crippen molar-refractivity contribution >= 4 is 23.9 Å². The van der Waals surface area contributed by atoms with Crippen LogP contribution in [0.2, 0.25) is 0 Å². The molecular formula is C54H100N2O8. The summed E-state index contributed by atoms with van der Waals surface area (Å²) in [5.74, 6) is -8.76. The Morgan fingerprint density at radius 3 is 1.22 bits per heavy atom. The van der Waals surface area contributed by atoms with E-state index in [9.17, 15) is 29.4 Å². The van der Waals surface area contributed by atoms with Crippen molar-refractivity contribution in [1.29, 1.82) is 0 Å². The zero-order valence-corrected chi connectivity index (χ0v) is 43.6. The van der Waals surface area contributed by atoms with Crippen LogP contribution in [-0.4, -0.2) is 92.9 Å². The van der Waals surface area contributed by atoms with E-state index < -0.39 is 58.3 Å². The number of nitrogens with zero attached hydrogens (tertiary/aromatic N) is 2. The Labute approximate surface area is 392 Å². The highest BCUT2D eigenvalue weighted by molar-refractivity contribution is 6.19. The summed E-state index contributed by atoms with van der Waals surface area (Å²) in [5.41, 5.74) is -4.71. The number of ether oxygens (including phenoxy) is 2. The van der Waals surface area contributed by atoms with Crippen molar-refractivity contribution in [3.05, 3.63) is 0 Å². The maximum Gasteiger partial charge on any atom is 0.336 e. The third kappa shape index (κ3) is 17.1. The average molecular weight is 905 g/mol. The molecule has 2 heterocycles. The zero-order valence-electron chi connectivity index (χ0n) is 43.6. The van der Waals surface area contributed by atoms with E-state index >= 15 is 0 Å². The van der Waals surface area contributed by atoms with Gasteiger partial charge in [-0.25, -0.2) is 0 Å². The number of carbonyl (C=O) groups is 4. The summed E-state index contributed by atoms with van der Waals surface area (Å²) in [5, 5.41) is 22.6. The van der Waals surface area contributed by atoms with Gasteiger partial charge in [0.25, 0.3) is 5.41 Å². The van der Waals surface area contributed by atoms with Gasteiger partial charge < -0.3 is 19.7 Å². The summed E-state index contributed by atoms with van der Waals surface area (Å²) in [4.78, 5) is 62.3. The second kappa shape index (κ2) is 27.6. The van der Waals surface area contributed by atoms with Crippen LogP contribution in [0.5, 0.6) is 0 Å². The monoisotopic (exact) mass is 905 g/mol. The van der Waals surface area contributed by atoms with Gasteiger partial charge in [0, 0.05) is 35.0 Å². The lowest BCUT2D eigenvalue weighted by molar-refractivity contribution is -0.200. The van der Waals surface area contributed by atoms with Gasteiger partial charge in [-0.15, -0.1) is 0 Å². The second-order valence-corrected chi connectivity index (χ2v) is 22.9. The molecule has 10 heteroatoms. The van der Waals surface area contributed by atoms with Gasteiger partial charge >= 0.3 is 23.9 Å². The first-order chi connectivity index (χ1) is 30.0. The third-order valence-electron chi connectivity index (χ3n) is 16.0. The van der Waals surface area contributed by atoms with E-state index in [1.165, 1.54) is 96.3 Å². The molecule has 2 saturated heterocycles. The van der Waals surface area contributed by atoms with Crippen molar-refractivity contribution in [2.45, 2.75) is 277 Å². The minimum absolute atomic E-state index is 0.0454. The molecule has 2 aliphatic rings. The standard InChI is InChI=1S/C54H100N2O8/c1-13-15-17-19-21-23-25-26-28-30-32-34-36-44(42-38-50(3,4)55(11)51(5,6)39-42)45(46(57)63-37-35-33-31-29-27-24-22-20-18-16-14-2)54(47(58)59,48(60)61)49(62)64-43-40-52(7,8)56(12)53(9,10)41-43/h42-45H,13-41H2,1-12H3,(H,58,59)(H,60,61). The molecule has 10 nitrogen and oxygen atoms in total. The number of rotatable bonds is 33. The van der Waals surface area contributed by atoms with Crippen LogP contribution in [0.3, 0.4) is 0 Å². The summed E-state index contributed by atoms with van der Waals surface area (Å²) >= 11 is 0. The van der Waals surface area contributed by atoms with Crippen LogP contribution in [-0.2, 0) is 28.7 Å². The van der Waals surface area contributed by atoms with Crippen LogP contribution in [0.4, 0.5) is 0 Å². The number of unbranched alkanes of at least 4 members (excludes halogenated alkanes) is 21. The molecular weight excluding hydrogens is 805 g/mol. The quantitative estimate of drug-likeness (QED) is 0.0372. The van der Waals surface area contributed by atoms with E-state index in [0.717, 1.165) is 38.5 Å². The predicted molar refractivity (Wildman–Crippen MR) is 261 cm³/mol. The van der Waals surface area contributed by atoms with E-state index in [4.69, 9.17) is 9.47 Å². The summed E-state index contributed by atoms with van der Waals surface area (Å²) in [6.45, 7) is 21.3. The maximum atomic E-state index is 14.9. The number of piperidine rings is 2. The number of carbonyl (C=O) groups excluding carboxylic acids is 2. The third-order valence-corrected chi connectivity index (χ3v) is 16.0. The second-order valence-electron chi connectivity index (χ2n) is 22.9. The van der Waals surface area contributed by atoms with Crippen LogP contribution in [0.25, 0.3) is 0 Å². The number of hydrogen-bond acceptors (Lipinski definition) is 8. The molecule has 2 aliphatic heterocycles.